The highest BCUT2D eigenvalue weighted by Crippen LogP contribution is 2.68. The summed E-state index contributed by atoms with van der Waals surface area (Å²) in [6.07, 6.45) is 6.54. The number of aromatic amines is 1. The summed E-state index contributed by atoms with van der Waals surface area (Å²) in [7, 11) is 5.97. The maximum atomic E-state index is 15.4. The Morgan fingerprint density at radius 3 is 2.45 bits per heavy atom. The van der Waals surface area contributed by atoms with E-state index in [0.29, 0.717) is 68.1 Å². The molecule has 2 aromatic carbocycles. The molecule has 1 spiro atoms. The van der Waals surface area contributed by atoms with Gasteiger partial charge in [-0.25, -0.2) is 13.6 Å². The Labute approximate surface area is 365 Å². The number of alkyl halides is 2. The van der Waals surface area contributed by atoms with Crippen molar-refractivity contribution >= 4 is 46.3 Å². The van der Waals surface area contributed by atoms with Gasteiger partial charge in [0.05, 0.1) is 27.4 Å². The van der Waals surface area contributed by atoms with Gasteiger partial charge in [-0.05, 0) is 93.1 Å². The van der Waals surface area contributed by atoms with Crippen LogP contribution in [0.25, 0.3) is 10.9 Å². The van der Waals surface area contributed by atoms with Crippen molar-refractivity contribution < 1.29 is 47.2 Å². The van der Waals surface area contributed by atoms with Crippen molar-refractivity contribution in [2.24, 2.45) is 17.3 Å². The number of anilines is 1. The molecule has 2 bridgehead atoms. The molecule has 334 valence electrons. The van der Waals surface area contributed by atoms with Gasteiger partial charge in [0.15, 0.2) is 6.10 Å². The Morgan fingerprint density at radius 2 is 1.79 bits per heavy atom. The van der Waals surface area contributed by atoms with Crippen molar-refractivity contribution in [2.45, 2.75) is 98.3 Å². The molecule has 3 aromatic rings. The van der Waals surface area contributed by atoms with Crippen LogP contribution in [-0.2, 0) is 45.8 Å². The topological polar surface area (TPSA) is 134 Å². The quantitative estimate of drug-likeness (QED) is 0.122. The van der Waals surface area contributed by atoms with Gasteiger partial charge in [-0.15, -0.1) is 11.8 Å². The Kier molecular flexibility index (Phi) is 10.4. The predicted molar refractivity (Wildman–Crippen MR) is 231 cm³/mol. The monoisotopic (exact) mass is 876 g/mol. The number of fused-ring (bicyclic) bond motifs is 6. The van der Waals surface area contributed by atoms with E-state index in [2.05, 4.69) is 20.9 Å². The summed E-state index contributed by atoms with van der Waals surface area (Å²) in [5, 5.41) is 14.3. The number of nitrogens with one attached hydrogen (secondary N) is 1. The molecule has 62 heavy (non-hydrogen) atoms. The van der Waals surface area contributed by atoms with E-state index in [0.717, 1.165) is 33.8 Å². The van der Waals surface area contributed by atoms with E-state index in [1.165, 1.54) is 21.1 Å². The van der Waals surface area contributed by atoms with Gasteiger partial charge in [0.25, 0.3) is 0 Å². The lowest BCUT2D eigenvalue weighted by Gasteiger charge is -2.63. The number of aliphatic hydroxyl groups is 1. The third kappa shape index (κ3) is 5.75. The smallest absolute Gasteiger partial charge is 0.344 e. The number of aromatic nitrogens is 1. The summed E-state index contributed by atoms with van der Waals surface area (Å²) >= 11 is 1.62. The van der Waals surface area contributed by atoms with Crippen molar-refractivity contribution in [1.82, 2.24) is 14.8 Å². The summed E-state index contributed by atoms with van der Waals surface area (Å²) < 4.78 is 54.7. The van der Waals surface area contributed by atoms with Gasteiger partial charge in [0, 0.05) is 102 Å². The highest BCUT2D eigenvalue weighted by atomic mass is 32.2. The normalized spacial score (nSPS) is 34.9. The predicted octanol–water partition coefficient (Wildman–Crippen LogP) is 5.84. The van der Waals surface area contributed by atoms with Crippen LogP contribution in [0, 0.1) is 17.3 Å². The summed E-state index contributed by atoms with van der Waals surface area (Å²) in [5.74, 6) is -5.92. The average Bonchev–Trinajstić information content (AvgIpc) is 3.91. The third-order valence-electron chi connectivity index (χ3n) is 15.9. The molecule has 10 atom stereocenters. The van der Waals surface area contributed by atoms with Crippen LogP contribution in [0.15, 0.2) is 47.4 Å². The fourth-order valence-corrected chi connectivity index (χ4v) is 14.0. The molecule has 0 radical (unpaired) electrons. The van der Waals surface area contributed by atoms with E-state index in [1.54, 1.807) is 18.9 Å². The largest absolute Gasteiger partial charge is 0.496 e. The first kappa shape index (κ1) is 43.1. The van der Waals surface area contributed by atoms with E-state index >= 15 is 13.6 Å². The number of rotatable bonds is 8. The van der Waals surface area contributed by atoms with Gasteiger partial charge >= 0.3 is 17.9 Å². The van der Waals surface area contributed by atoms with Crippen molar-refractivity contribution in [1.29, 1.82) is 0 Å². The van der Waals surface area contributed by atoms with Gasteiger partial charge in [-0.1, -0.05) is 19.1 Å². The zero-order valence-electron chi connectivity index (χ0n) is 36.8. The van der Waals surface area contributed by atoms with E-state index < -0.39 is 63.7 Å². The van der Waals surface area contributed by atoms with Gasteiger partial charge in [-0.2, -0.15) is 0 Å². The number of H-pyrrole nitrogens is 1. The summed E-state index contributed by atoms with van der Waals surface area (Å²) in [5.41, 5.74) is -1.54. The average molecular weight is 877 g/mol. The molecule has 1 aliphatic carbocycles. The van der Waals surface area contributed by atoms with Crippen molar-refractivity contribution in [3.05, 3.63) is 64.9 Å². The molecule has 12 nitrogen and oxygen atoms in total. The highest BCUT2D eigenvalue weighted by molar-refractivity contribution is 7.98. The molecule has 15 heteroatoms. The molecule has 3 fully saturated rings. The lowest BCUT2D eigenvalue weighted by Crippen LogP contribution is -2.81. The van der Waals surface area contributed by atoms with Crippen LogP contribution in [0.2, 0.25) is 0 Å². The zero-order valence-corrected chi connectivity index (χ0v) is 37.6. The molecule has 5 aliphatic heterocycles. The Morgan fingerprint density at radius 1 is 1.03 bits per heavy atom. The summed E-state index contributed by atoms with van der Waals surface area (Å²) in [4.78, 5) is 54.0. The van der Waals surface area contributed by atoms with Gasteiger partial charge in [0.2, 0.25) is 11.5 Å². The van der Waals surface area contributed by atoms with Crippen molar-refractivity contribution in [3.8, 4) is 5.75 Å². The number of carbonyl (C=O) groups is 3. The molecule has 1 aromatic heterocycles. The number of nitrogens with zero attached hydrogens (tertiary/aromatic N) is 3. The van der Waals surface area contributed by atoms with Crippen molar-refractivity contribution in [2.75, 3.05) is 72.3 Å². The molecular formula is C47H58F2N4O8S. The lowest BCUT2D eigenvalue weighted by molar-refractivity contribution is -0.228. The van der Waals surface area contributed by atoms with E-state index in [9.17, 15) is 14.7 Å². The van der Waals surface area contributed by atoms with Crippen LogP contribution < -0.4 is 9.64 Å². The van der Waals surface area contributed by atoms with Crippen LogP contribution in [0.4, 0.5) is 14.5 Å². The first-order valence-corrected chi connectivity index (χ1v) is 23.0. The molecule has 2 saturated heterocycles. The molecule has 1 saturated carbocycles. The first-order valence-electron chi connectivity index (χ1n) is 21.7. The second kappa shape index (κ2) is 15.0. The molecule has 6 aliphatic rings. The number of halogens is 2. The van der Waals surface area contributed by atoms with Crippen LogP contribution >= 0.6 is 11.8 Å². The molecular weight excluding hydrogens is 819 g/mol. The lowest BCUT2D eigenvalue weighted by atomic mass is 9.47. The van der Waals surface area contributed by atoms with E-state index in [4.69, 9.17) is 18.9 Å². The number of hydrogen-bond acceptors (Lipinski definition) is 12. The number of thioether (sulfide) groups is 1. The number of ether oxygens (including phenoxy) is 4. The number of piperidine rings is 1. The molecule has 6 heterocycles. The third-order valence-corrected chi connectivity index (χ3v) is 16.6. The number of methoxy groups -OCH3 is 3. The minimum Gasteiger partial charge on any atom is -0.496 e. The number of hydrogen-bond donors (Lipinski definition) is 2. The van der Waals surface area contributed by atoms with Gasteiger partial charge in [0.1, 0.15) is 11.2 Å². The minimum atomic E-state index is -2.94. The molecule has 0 amide bonds. The summed E-state index contributed by atoms with van der Waals surface area (Å²) in [6.45, 7) is 6.79. The van der Waals surface area contributed by atoms with Gasteiger partial charge < -0.3 is 38.8 Å². The highest BCUT2D eigenvalue weighted by Gasteiger charge is 2.80. The molecule has 2 unspecified atom stereocenters. The second-order valence-corrected chi connectivity index (χ2v) is 19.6. The standard InChI is InChI=1S/C47H58F2N4O8S/c1-9-44-14-10-16-53-18-15-45(38(44)53)32-21-33(36(58-5)22-35(32)51(4)39(45)47(57,42(56)60-7)40(44)61-26(2)54)46(41(55)59-6)23-27-19-28(43(3,48)49)25-52(24-27)17-13-30-31-20-29(62-8)11-12-34(31)50-37(30)46/h10-12,14,20-22,27-28,38-40,50,57H,9,13,15-19,23-25H2,1-8H3/t27-,28?,38+,39-,40-,44-,45-,46+,47+/m1/s1. The van der Waals surface area contributed by atoms with Gasteiger partial charge in [-0.3, -0.25) is 14.5 Å². The van der Waals surface area contributed by atoms with Crippen molar-refractivity contribution in [3.63, 3.8) is 0 Å². The number of likely N-dealkylation sites (N-methyl/N-ethyl adjacent to an activating group) is 1. The summed E-state index contributed by atoms with van der Waals surface area (Å²) in [6, 6.07) is 8.76. The SMILES string of the molecule is CC[C@]12C=CCN3CC[C@@]4(c5cc([C@@]6(C(=O)OC)C[C@H]7CC(C(C)(F)F)CN(CCc8c6[nH]c6ccc(SC)cc86)C7)c(OC)cc5N(C)[C@H]4[C@@](O)(C(=O)OC)[C@@H]1OC(C)=O)[C@@H]32. The number of carbonyl (C=O) groups excluding carboxylic acids is 3. The van der Waals surface area contributed by atoms with Crippen LogP contribution in [0.1, 0.15) is 68.8 Å². The van der Waals surface area contributed by atoms with E-state index in [1.807, 2.05) is 61.5 Å². The number of benzene rings is 2. The minimum absolute atomic E-state index is 0.150. The zero-order chi connectivity index (χ0) is 44.3. The van der Waals surface area contributed by atoms with E-state index in [-0.39, 0.29) is 31.3 Å². The Bertz CT molecular complexity index is 2370. The Hall–Kier alpha value is -4.18. The van der Waals surface area contributed by atoms with Crippen LogP contribution in [-0.4, -0.2) is 135 Å². The molecule has 9 rings (SSSR count). The number of esters is 3. The van der Waals surface area contributed by atoms with Crippen LogP contribution in [0.5, 0.6) is 5.75 Å². The first-order chi connectivity index (χ1) is 29.5. The fraction of sp³-hybridized carbons (Fsp3) is 0.596. The Balaban J connectivity index is 1.36. The maximum Gasteiger partial charge on any atom is 0.344 e. The second-order valence-electron chi connectivity index (χ2n) is 18.7. The molecule has 2 N–H and O–H groups in total. The fourth-order valence-electron chi connectivity index (χ4n) is 13.6. The maximum absolute atomic E-state index is 15.4. The van der Waals surface area contributed by atoms with Crippen LogP contribution in [0.3, 0.4) is 0 Å².